The molecule has 1 heterocycles. The van der Waals surface area contributed by atoms with Crippen LogP contribution in [-0.2, 0) is 14.3 Å². The van der Waals surface area contributed by atoms with Crippen molar-refractivity contribution in [1.82, 2.24) is 0 Å². The van der Waals surface area contributed by atoms with Gasteiger partial charge in [0.25, 0.3) is 0 Å². The van der Waals surface area contributed by atoms with Crippen LogP contribution in [0.3, 0.4) is 0 Å². The Kier molecular flexibility index (Phi) is 2.38. The number of hydrogen-bond acceptors (Lipinski definition) is 3. The van der Waals surface area contributed by atoms with Crippen LogP contribution in [0.5, 0.6) is 0 Å². The van der Waals surface area contributed by atoms with Crippen molar-refractivity contribution in [2.24, 2.45) is 5.41 Å². The van der Waals surface area contributed by atoms with E-state index in [-0.39, 0.29) is 11.4 Å². The number of cyclic esters (lactones) is 1. The topological polar surface area (TPSA) is 35.5 Å². The van der Waals surface area contributed by atoms with Crippen LogP contribution >= 0.6 is 0 Å². The van der Waals surface area contributed by atoms with Crippen molar-refractivity contribution in [1.29, 1.82) is 0 Å². The summed E-state index contributed by atoms with van der Waals surface area (Å²) in [5.41, 5.74) is -0.840. The molecule has 0 bridgehead atoms. The molecule has 2 atom stereocenters. The van der Waals surface area contributed by atoms with Gasteiger partial charge in [-0.2, -0.15) is 0 Å². The Morgan fingerprint density at radius 1 is 1.40 bits per heavy atom. The first-order valence-electron chi connectivity index (χ1n) is 5.48. The summed E-state index contributed by atoms with van der Waals surface area (Å²) in [6, 6.07) is 0. The standard InChI is InChI=1S/C12H18O3/c1-11(2,3)10-14-9(13)12(15-10)7-5-4-6-8-12/h4-5,10H,6-8H2,1-3H3. The van der Waals surface area contributed by atoms with Crippen LogP contribution in [0.1, 0.15) is 40.0 Å². The molecule has 15 heavy (non-hydrogen) atoms. The summed E-state index contributed by atoms with van der Waals surface area (Å²) in [6.45, 7) is 6.05. The van der Waals surface area contributed by atoms with Gasteiger partial charge in [0.05, 0.1) is 0 Å². The van der Waals surface area contributed by atoms with E-state index in [0.717, 1.165) is 12.8 Å². The molecule has 3 nitrogen and oxygen atoms in total. The SMILES string of the molecule is CC(C)(C)C1OC(=O)C2(CC=CCC2)O1. The molecule has 1 saturated heterocycles. The molecule has 1 aliphatic heterocycles. The van der Waals surface area contributed by atoms with Gasteiger partial charge < -0.3 is 9.47 Å². The fourth-order valence-corrected chi connectivity index (χ4v) is 1.94. The third-order valence-corrected chi connectivity index (χ3v) is 2.95. The molecule has 2 aliphatic rings. The van der Waals surface area contributed by atoms with Gasteiger partial charge in [0, 0.05) is 11.8 Å². The van der Waals surface area contributed by atoms with E-state index < -0.39 is 11.9 Å². The molecule has 2 unspecified atom stereocenters. The number of ether oxygens (including phenoxy) is 2. The fraction of sp³-hybridized carbons (Fsp3) is 0.750. The maximum absolute atomic E-state index is 11.8. The van der Waals surface area contributed by atoms with Gasteiger partial charge in [-0.25, -0.2) is 4.79 Å². The van der Waals surface area contributed by atoms with Crippen LogP contribution in [0.4, 0.5) is 0 Å². The predicted molar refractivity (Wildman–Crippen MR) is 56.1 cm³/mol. The number of carbonyl (C=O) groups excluding carboxylic acids is 1. The molecule has 0 radical (unpaired) electrons. The zero-order valence-corrected chi connectivity index (χ0v) is 9.58. The Balaban J connectivity index is 2.17. The lowest BCUT2D eigenvalue weighted by atomic mass is 9.89. The second-order valence-corrected chi connectivity index (χ2v) is 5.43. The molecule has 84 valence electrons. The third kappa shape index (κ3) is 1.81. The monoisotopic (exact) mass is 210 g/mol. The molecular weight excluding hydrogens is 192 g/mol. The van der Waals surface area contributed by atoms with Gasteiger partial charge in [-0.15, -0.1) is 0 Å². The van der Waals surface area contributed by atoms with E-state index in [2.05, 4.69) is 6.08 Å². The minimum atomic E-state index is -0.688. The highest BCUT2D eigenvalue weighted by molar-refractivity contribution is 5.81. The highest BCUT2D eigenvalue weighted by Crippen LogP contribution is 2.40. The van der Waals surface area contributed by atoms with Crippen molar-refractivity contribution in [2.45, 2.75) is 51.9 Å². The summed E-state index contributed by atoms with van der Waals surface area (Å²) in [5.74, 6) is -0.188. The first-order chi connectivity index (χ1) is 6.94. The van der Waals surface area contributed by atoms with Gasteiger partial charge in [-0.05, 0) is 12.8 Å². The Morgan fingerprint density at radius 2 is 2.13 bits per heavy atom. The summed E-state index contributed by atoms with van der Waals surface area (Å²) < 4.78 is 11.2. The van der Waals surface area contributed by atoms with E-state index in [9.17, 15) is 4.79 Å². The second kappa shape index (κ2) is 3.34. The van der Waals surface area contributed by atoms with Crippen LogP contribution in [0, 0.1) is 5.41 Å². The lowest BCUT2D eigenvalue weighted by molar-refractivity contribution is -0.156. The summed E-state index contributed by atoms with van der Waals surface area (Å²) >= 11 is 0. The zero-order valence-electron chi connectivity index (χ0n) is 9.58. The quantitative estimate of drug-likeness (QED) is 0.455. The van der Waals surface area contributed by atoms with Crippen molar-refractivity contribution >= 4 is 5.97 Å². The average molecular weight is 210 g/mol. The first-order valence-corrected chi connectivity index (χ1v) is 5.48. The summed E-state index contributed by atoms with van der Waals surface area (Å²) in [6.07, 6.45) is 5.98. The largest absolute Gasteiger partial charge is 0.433 e. The maximum atomic E-state index is 11.8. The Bertz CT molecular complexity index is 300. The molecule has 0 N–H and O–H groups in total. The molecule has 0 saturated carbocycles. The second-order valence-electron chi connectivity index (χ2n) is 5.43. The van der Waals surface area contributed by atoms with Gasteiger partial charge in [-0.1, -0.05) is 32.9 Å². The molecule has 0 aromatic heterocycles. The Labute approximate surface area is 90.4 Å². The van der Waals surface area contributed by atoms with Crippen molar-refractivity contribution in [3.05, 3.63) is 12.2 Å². The first kappa shape index (κ1) is 10.7. The lowest BCUT2D eigenvalue weighted by Gasteiger charge is -2.28. The molecule has 3 heteroatoms. The number of carbonyl (C=O) groups is 1. The molecule has 1 aliphatic carbocycles. The minimum Gasteiger partial charge on any atom is -0.433 e. The van der Waals surface area contributed by atoms with Crippen LogP contribution < -0.4 is 0 Å². The van der Waals surface area contributed by atoms with Gasteiger partial charge in [0.2, 0.25) is 6.29 Å². The van der Waals surface area contributed by atoms with Crippen molar-refractivity contribution < 1.29 is 14.3 Å². The van der Waals surface area contributed by atoms with E-state index >= 15 is 0 Å². The molecule has 2 rings (SSSR count). The van der Waals surface area contributed by atoms with Crippen LogP contribution in [0.15, 0.2) is 12.2 Å². The Morgan fingerprint density at radius 3 is 2.60 bits per heavy atom. The van der Waals surface area contributed by atoms with Crippen molar-refractivity contribution in [2.75, 3.05) is 0 Å². The number of hydrogen-bond donors (Lipinski definition) is 0. The van der Waals surface area contributed by atoms with E-state index in [0.29, 0.717) is 6.42 Å². The van der Waals surface area contributed by atoms with Crippen molar-refractivity contribution in [3.63, 3.8) is 0 Å². The number of rotatable bonds is 0. The van der Waals surface area contributed by atoms with Gasteiger partial charge in [0.15, 0.2) is 5.60 Å². The number of allylic oxidation sites excluding steroid dienone is 1. The lowest BCUT2D eigenvalue weighted by Crippen LogP contribution is -2.38. The van der Waals surface area contributed by atoms with Crippen molar-refractivity contribution in [3.8, 4) is 0 Å². The normalized spacial score (nSPS) is 35.9. The maximum Gasteiger partial charge on any atom is 0.341 e. The third-order valence-electron chi connectivity index (χ3n) is 2.95. The van der Waals surface area contributed by atoms with Gasteiger partial charge in [0.1, 0.15) is 0 Å². The molecule has 0 amide bonds. The van der Waals surface area contributed by atoms with E-state index in [1.807, 2.05) is 26.8 Å². The van der Waals surface area contributed by atoms with Crippen LogP contribution in [-0.4, -0.2) is 17.9 Å². The van der Waals surface area contributed by atoms with E-state index in [1.165, 1.54) is 0 Å². The molecule has 1 spiro atoms. The predicted octanol–water partition coefficient (Wildman–Crippen LogP) is 2.41. The fourth-order valence-electron chi connectivity index (χ4n) is 1.94. The van der Waals surface area contributed by atoms with Gasteiger partial charge in [-0.3, -0.25) is 0 Å². The summed E-state index contributed by atoms with van der Waals surface area (Å²) in [5, 5.41) is 0. The summed E-state index contributed by atoms with van der Waals surface area (Å²) in [7, 11) is 0. The number of esters is 1. The summed E-state index contributed by atoms with van der Waals surface area (Å²) in [4.78, 5) is 11.8. The highest BCUT2D eigenvalue weighted by Gasteiger charge is 2.52. The van der Waals surface area contributed by atoms with Gasteiger partial charge >= 0.3 is 5.97 Å². The van der Waals surface area contributed by atoms with Crippen LogP contribution in [0.25, 0.3) is 0 Å². The highest BCUT2D eigenvalue weighted by atomic mass is 16.8. The molecule has 1 fully saturated rings. The smallest absolute Gasteiger partial charge is 0.341 e. The zero-order chi connectivity index (χ0) is 11.1. The molecular formula is C12H18O3. The van der Waals surface area contributed by atoms with Crippen LogP contribution in [0.2, 0.25) is 0 Å². The molecule has 0 aromatic carbocycles. The minimum absolute atomic E-state index is 0.152. The molecule has 0 aromatic rings. The Hall–Kier alpha value is -0.830. The van der Waals surface area contributed by atoms with E-state index in [1.54, 1.807) is 0 Å². The van der Waals surface area contributed by atoms with E-state index in [4.69, 9.17) is 9.47 Å². The average Bonchev–Trinajstić information content (AvgIpc) is 2.45.